The van der Waals surface area contributed by atoms with Gasteiger partial charge in [-0.15, -0.1) is 0 Å². The number of carbonyl (C=O) groups is 1. The fraction of sp³-hybridized carbons (Fsp3) is 0.538. The molecule has 2 rings (SSSR count). The molecule has 1 aromatic rings. The first-order chi connectivity index (χ1) is 8.49. The second kappa shape index (κ2) is 5.14. The lowest BCUT2D eigenvalue weighted by atomic mass is 10.2. The molecule has 1 N–H and O–H groups in total. The van der Waals surface area contributed by atoms with E-state index in [4.69, 9.17) is 16.7 Å². The molecule has 0 spiro atoms. The van der Waals surface area contributed by atoms with Crippen molar-refractivity contribution in [3.05, 3.63) is 22.8 Å². The maximum absolute atomic E-state index is 11.0. The molecule has 1 aliphatic rings. The van der Waals surface area contributed by atoms with Crippen molar-refractivity contribution in [3.63, 3.8) is 0 Å². The molecule has 18 heavy (non-hydrogen) atoms. The maximum atomic E-state index is 11.0. The van der Waals surface area contributed by atoms with Crippen molar-refractivity contribution in [2.24, 2.45) is 5.92 Å². The van der Waals surface area contributed by atoms with Gasteiger partial charge in [0.2, 0.25) is 0 Å². The SMILES string of the molecule is CC(C)N(CC1CC1)c1ccc(Cl)c(C(=O)O)n1. The summed E-state index contributed by atoms with van der Waals surface area (Å²) in [7, 11) is 0. The number of pyridine rings is 1. The van der Waals surface area contributed by atoms with Gasteiger partial charge in [0.15, 0.2) is 5.69 Å². The number of aromatic nitrogens is 1. The van der Waals surface area contributed by atoms with Crippen molar-refractivity contribution in [1.29, 1.82) is 0 Å². The van der Waals surface area contributed by atoms with Crippen LogP contribution in [0.15, 0.2) is 12.1 Å². The van der Waals surface area contributed by atoms with E-state index in [1.165, 1.54) is 12.8 Å². The van der Waals surface area contributed by atoms with Crippen LogP contribution >= 0.6 is 11.6 Å². The largest absolute Gasteiger partial charge is 0.476 e. The number of halogens is 1. The molecule has 0 radical (unpaired) electrons. The first-order valence-electron chi connectivity index (χ1n) is 6.15. The van der Waals surface area contributed by atoms with Crippen molar-refractivity contribution in [1.82, 2.24) is 4.98 Å². The van der Waals surface area contributed by atoms with Crippen molar-refractivity contribution in [2.45, 2.75) is 32.7 Å². The van der Waals surface area contributed by atoms with E-state index in [9.17, 15) is 4.79 Å². The van der Waals surface area contributed by atoms with E-state index in [0.29, 0.717) is 11.9 Å². The van der Waals surface area contributed by atoms with Crippen molar-refractivity contribution in [2.75, 3.05) is 11.4 Å². The summed E-state index contributed by atoms with van der Waals surface area (Å²) < 4.78 is 0. The highest BCUT2D eigenvalue weighted by molar-refractivity contribution is 6.33. The predicted octanol–water partition coefficient (Wildman–Crippen LogP) is 3.06. The number of rotatable bonds is 5. The van der Waals surface area contributed by atoms with Crippen LogP contribution in [0.2, 0.25) is 5.02 Å². The average molecular weight is 269 g/mol. The number of hydrogen-bond acceptors (Lipinski definition) is 3. The van der Waals surface area contributed by atoms with Crippen LogP contribution in [-0.2, 0) is 0 Å². The quantitative estimate of drug-likeness (QED) is 0.892. The highest BCUT2D eigenvalue weighted by Gasteiger charge is 2.26. The molecular formula is C13H17ClN2O2. The van der Waals surface area contributed by atoms with Crippen LogP contribution in [0.3, 0.4) is 0 Å². The molecule has 98 valence electrons. The minimum atomic E-state index is -1.09. The molecule has 1 heterocycles. The third-order valence-corrected chi connectivity index (χ3v) is 3.41. The molecule has 0 unspecified atom stereocenters. The first kappa shape index (κ1) is 13.1. The lowest BCUT2D eigenvalue weighted by Gasteiger charge is -2.28. The maximum Gasteiger partial charge on any atom is 0.356 e. The summed E-state index contributed by atoms with van der Waals surface area (Å²) in [6.45, 7) is 5.10. The van der Waals surface area contributed by atoms with Gasteiger partial charge in [0, 0.05) is 12.6 Å². The summed E-state index contributed by atoms with van der Waals surface area (Å²) in [6.07, 6.45) is 2.51. The van der Waals surface area contributed by atoms with Crippen molar-refractivity contribution < 1.29 is 9.90 Å². The van der Waals surface area contributed by atoms with Crippen LogP contribution in [0.25, 0.3) is 0 Å². The van der Waals surface area contributed by atoms with E-state index in [1.54, 1.807) is 12.1 Å². The van der Waals surface area contributed by atoms with Crippen LogP contribution in [0.1, 0.15) is 37.2 Å². The minimum Gasteiger partial charge on any atom is -0.476 e. The van der Waals surface area contributed by atoms with E-state index >= 15 is 0 Å². The summed E-state index contributed by atoms with van der Waals surface area (Å²) in [5.74, 6) is 0.328. The van der Waals surface area contributed by atoms with Crippen molar-refractivity contribution >= 4 is 23.4 Å². The van der Waals surface area contributed by atoms with E-state index in [1.807, 2.05) is 0 Å². The summed E-state index contributed by atoms with van der Waals surface area (Å²) in [4.78, 5) is 17.3. The Bertz CT molecular complexity index is 458. The molecule has 0 aliphatic heterocycles. The Hall–Kier alpha value is -1.29. The number of aromatic carboxylic acids is 1. The molecule has 5 heteroatoms. The average Bonchev–Trinajstić information content (AvgIpc) is 3.10. The highest BCUT2D eigenvalue weighted by atomic mass is 35.5. The zero-order valence-corrected chi connectivity index (χ0v) is 11.3. The van der Waals surface area contributed by atoms with Gasteiger partial charge in [-0.1, -0.05) is 11.6 Å². The zero-order chi connectivity index (χ0) is 13.3. The summed E-state index contributed by atoms with van der Waals surface area (Å²) >= 11 is 5.83. The molecule has 0 bridgehead atoms. The summed E-state index contributed by atoms with van der Waals surface area (Å²) in [5.41, 5.74) is -0.0735. The Morgan fingerprint density at radius 3 is 2.72 bits per heavy atom. The van der Waals surface area contributed by atoms with Gasteiger partial charge in [0.1, 0.15) is 5.82 Å². The summed E-state index contributed by atoms with van der Waals surface area (Å²) in [6, 6.07) is 3.69. The van der Waals surface area contributed by atoms with Crippen molar-refractivity contribution in [3.8, 4) is 0 Å². The van der Waals surface area contributed by atoms with E-state index in [2.05, 4.69) is 23.7 Å². The van der Waals surface area contributed by atoms with Gasteiger partial charge in [0.05, 0.1) is 5.02 Å². The number of nitrogens with zero attached hydrogens (tertiary/aromatic N) is 2. The Morgan fingerprint density at radius 1 is 1.56 bits per heavy atom. The van der Waals surface area contributed by atoms with Crippen LogP contribution < -0.4 is 4.90 Å². The number of carboxylic acids is 1. The van der Waals surface area contributed by atoms with Gasteiger partial charge in [-0.3, -0.25) is 0 Å². The molecule has 0 aromatic carbocycles. The smallest absolute Gasteiger partial charge is 0.356 e. The van der Waals surface area contributed by atoms with Crippen LogP contribution in [0, 0.1) is 5.92 Å². The van der Waals surface area contributed by atoms with Gasteiger partial charge in [-0.25, -0.2) is 9.78 Å². The zero-order valence-electron chi connectivity index (χ0n) is 10.6. The molecule has 1 aromatic heterocycles. The van der Waals surface area contributed by atoms with Crippen LogP contribution in [0.5, 0.6) is 0 Å². The fourth-order valence-corrected chi connectivity index (χ4v) is 2.08. The normalized spacial score (nSPS) is 14.9. The highest BCUT2D eigenvalue weighted by Crippen LogP contribution is 2.32. The van der Waals surface area contributed by atoms with E-state index in [-0.39, 0.29) is 10.7 Å². The van der Waals surface area contributed by atoms with E-state index < -0.39 is 5.97 Å². The molecule has 1 fully saturated rings. The Labute approximate surface area is 112 Å². The minimum absolute atomic E-state index is 0.0735. The number of anilines is 1. The monoisotopic (exact) mass is 268 g/mol. The standard InChI is InChI=1S/C13H17ClN2O2/c1-8(2)16(7-9-3-4-9)11-6-5-10(14)12(15-11)13(17)18/h5-6,8-9H,3-4,7H2,1-2H3,(H,17,18). The molecule has 1 saturated carbocycles. The molecule has 1 aliphatic carbocycles. The van der Waals surface area contributed by atoms with Gasteiger partial charge in [-0.05, 0) is 44.7 Å². The predicted molar refractivity (Wildman–Crippen MR) is 71.4 cm³/mol. The lowest BCUT2D eigenvalue weighted by Crippen LogP contribution is -2.33. The second-order valence-electron chi connectivity index (χ2n) is 4.99. The molecule has 0 amide bonds. The first-order valence-corrected chi connectivity index (χ1v) is 6.53. The summed E-state index contributed by atoms with van der Waals surface area (Å²) in [5, 5.41) is 9.22. The van der Waals surface area contributed by atoms with Gasteiger partial charge in [-0.2, -0.15) is 0 Å². The van der Waals surface area contributed by atoms with Gasteiger partial charge < -0.3 is 10.0 Å². The lowest BCUT2D eigenvalue weighted by molar-refractivity contribution is 0.0691. The van der Waals surface area contributed by atoms with Gasteiger partial charge >= 0.3 is 5.97 Å². The Kier molecular flexibility index (Phi) is 3.76. The molecule has 4 nitrogen and oxygen atoms in total. The van der Waals surface area contributed by atoms with Crippen LogP contribution in [-0.4, -0.2) is 28.6 Å². The Morgan fingerprint density at radius 2 is 2.22 bits per heavy atom. The topological polar surface area (TPSA) is 53.4 Å². The number of carboxylic acid groups (broad SMARTS) is 1. The van der Waals surface area contributed by atoms with Crippen LogP contribution in [0.4, 0.5) is 5.82 Å². The fourth-order valence-electron chi connectivity index (χ4n) is 1.89. The Balaban J connectivity index is 2.28. The third kappa shape index (κ3) is 2.93. The van der Waals surface area contributed by atoms with E-state index in [0.717, 1.165) is 12.5 Å². The second-order valence-corrected chi connectivity index (χ2v) is 5.40. The third-order valence-electron chi connectivity index (χ3n) is 3.10. The number of hydrogen-bond donors (Lipinski definition) is 1. The molecule has 0 atom stereocenters. The molecule has 0 saturated heterocycles. The van der Waals surface area contributed by atoms with Gasteiger partial charge in [0.25, 0.3) is 0 Å². The molecular weight excluding hydrogens is 252 g/mol.